The van der Waals surface area contributed by atoms with Gasteiger partial charge in [0.1, 0.15) is 0 Å². The highest BCUT2D eigenvalue weighted by atomic mass is 32.2. The average molecular weight is 855 g/mol. The molecule has 0 amide bonds. The number of hydrogen-bond acceptors (Lipinski definition) is 17. The molecule has 0 atom stereocenters. The molecule has 21 nitrogen and oxygen atoms in total. The van der Waals surface area contributed by atoms with Gasteiger partial charge in [-0.3, -0.25) is 18.9 Å². The Morgan fingerprint density at radius 2 is 1.10 bits per heavy atom. The number of hydrogen-bond donors (Lipinski definition) is 5. The molecule has 0 aliphatic rings. The van der Waals surface area contributed by atoms with Gasteiger partial charge >= 0.3 is 10.3 Å². The van der Waals surface area contributed by atoms with Crippen molar-refractivity contribution >= 4 is 66.9 Å². The largest absolute Gasteiger partial charge is 0.399 e. The first-order valence-corrected chi connectivity index (χ1v) is 20.0. The standard InChI is InChI=1S/C20H17N7O5S.C20H17N7O2/c21-10-3-11-22-19-18(24-32-25-19)20-23-15-4-1-2-5-16(15)27(20)12-17(28)13-6-8-14(9-7-13)26-33(29,30)31;21-10-3-11-23-19-18(25-29-26-19)20-24-15-4-1-2-5-16(15)27(20)12-17(28)13-6-8-14(22)9-7-13/h1-2,4-9,26H,3,11-12H2,(H,22,25)(H,29,30,31);1-2,4-9H,3,11-12,22H2,(H,23,26). The van der Waals surface area contributed by atoms with Crippen LogP contribution >= 0.6 is 0 Å². The van der Waals surface area contributed by atoms with E-state index in [0.29, 0.717) is 82.0 Å². The van der Waals surface area contributed by atoms with E-state index in [1.54, 1.807) is 39.5 Å². The van der Waals surface area contributed by atoms with Crippen molar-refractivity contribution in [2.75, 3.05) is 34.2 Å². The SMILES string of the molecule is N#CCCNc1nonc1-c1nc2ccccc2n1CC(=O)c1ccc(N)cc1.N#CCCNc1nonc1-c1nc2ccccc2n1CC(=O)c1ccc(NS(=O)(=O)O)cc1. The fourth-order valence-corrected chi connectivity index (χ4v) is 6.65. The predicted molar refractivity (Wildman–Crippen MR) is 225 cm³/mol. The summed E-state index contributed by atoms with van der Waals surface area (Å²) < 4.78 is 45.9. The van der Waals surface area contributed by atoms with Crippen LogP contribution in [0.3, 0.4) is 0 Å². The summed E-state index contributed by atoms with van der Waals surface area (Å²) >= 11 is 0. The molecule has 6 N–H and O–H groups in total. The van der Waals surface area contributed by atoms with E-state index in [1.807, 2.05) is 53.3 Å². The summed E-state index contributed by atoms with van der Waals surface area (Å²) in [6.45, 7) is 0.693. The molecule has 4 aromatic carbocycles. The van der Waals surface area contributed by atoms with Crippen molar-refractivity contribution in [3.05, 3.63) is 108 Å². The molecule has 0 fully saturated rings. The number of imidazole rings is 2. The zero-order valence-corrected chi connectivity index (χ0v) is 33.2. The monoisotopic (exact) mass is 854 g/mol. The molecule has 0 saturated carbocycles. The minimum atomic E-state index is -4.41. The highest BCUT2D eigenvalue weighted by Crippen LogP contribution is 2.30. The lowest BCUT2D eigenvalue weighted by Gasteiger charge is -2.09. The van der Waals surface area contributed by atoms with Gasteiger partial charge in [0.15, 0.2) is 34.6 Å². The predicted octanol–water partition coefficient (Wildman–Crippen LogP) is 5.39. The van der Waals surface area contributed by atoms with E-state index in [2.05, 4.69) is 47.3 Å². The number of nitrogens with one attached hydrogen (secondary N) is 3. The Morgan fingerprint density at radius 1 is 0.661 bits per heavy atom. The van der Waals surface area contributed by atoms with Gasteiger partial charge in [0, 0.05) is 29.9 Å². The Bertz CT molecular complexity index is 3070. The average Bonchev–Trinajstić information content (AvgIpc) is 4.07. The molecule has 0 unspecified atom stereocenters. The second kappa shape index (κ2) is 18.6. The van der Waals surface area contributed by atoms with E-state index in [1.165, 1.54) is 24.3 Å². The number of carbonyl (C=O) groups is 2. The summed E-state index contributed by atoms with van der Waals surface area (Å²) in [6, 6.07) is 31.2. The zero-order valence-electron chi connectivity index (χ0n) is 32.3. The minimum absolute atomic E-state index is 0.0598. The van der Waals surface area contributed by atoms with Crippen LogP contribution in [0.2, 0.25) is 0 Å². The van der Waals surface area contributed by atoms with Gasteiger partial charge in [-0.25, -0.2) is 19.2 Å². The molecule has 62 heavy (non-hydrogen) atoms. The second-order valence-corrected chi connectivity index (χ2v) is 14.4. The number of anilines is 4. The first-order valence-electron chi connectivity index (χ1n) is 18.6. The molecule has 8 aromatic rings. The van der Waals surface area contributed by atoms with Crippen LogP contribution in [-0.4, -0.2) is 77.4 Å². The van der Waals surface area contributed by atoms with E-state index < -0.39 is 10.3 Å². The number of carbonyl (C=O) groups excluding carboxylic acids is 2. The molecular weight excluding hydrogens is 821 g/mol. The number of Topliss-reactive ketones (excluding diaryl/α,β-unsaturated/α-hetero) is 2. The van der Waals surface area contributed by atoms with Gasteiger partial charge in [-0.15, -0.1) is 0 Å². The van der Waals surface area contributed by atoms with Gasteiger partial charge in [-0.05, 0) is 93.4 Å². The molecule has 8 rings (SSSR count). The summed E-state index contributed by atoms with van der Waals surface area (Å²) in [5.41, 5.74) is 10.8. The van der Waals surface area contributed by atoms with Crippen molar-refractivity contribution in [3.8, 4) is 35.2 Å². The molecule has 22 heteroatoms. The second-order valence-electron chi connectivity index (χ2n) is 13.2. The van der Waals surface area contributed by atoms with Crippen LogP contribution in [0.15, 0.2) is 106 Å². The summed E-state index contributed by atoms with van der Waals surface area (Å²) in [6.07, 6.45) is 0.558. The quantitative estimate of drug-likeness (QED) is 0.0352. The van der Waals surface area contributed by atoms with Crippen LogP contribution < -0.4 is 21.1 Å². The van der Waals surface area contributed by atoms with E-state index in [4.69, 9.17) is 30.1 Å². The molecule has 312 valence electrons. The number of para-hydroxylation sites is 4. The number of fused-ring (bicyclic) bond motifs is 2. The van der Waals surface area contributed by atoms with Crippen molar-refractivity contribution in [2.45, 2.75) is 25.9 Å². The molecule has 0 aliphatic heterocycles. The normalized spacial score (nSPS) is 11.0. The lowest BCUT2D eigenvalue weighted by Crippen LogP contribution is -2.13. The van der Waals surface area contributed by atoms with Gasteiger partial charge in [-0.2, -0.15) is 18.9 Å². The summed E-state index contributed by atoms with van der Waals surface area (Å²) in [7, 11) is -4.41. The van der Waals surface area contributed by atoms with Gasteiger partial charge < -0.3 is 25.5 Å². The molecular formula is C40H34N14O7S. The summed E-state index contributed by atoms with van der Waals surface area (Å²) in [4.78, 5) is 35.1. The third-order valence-corrected chi connectivity index (χ3v) is 9.55. The fourth-order valence-electron chi connectivity index (χ4n) is 6.22. The smallest absolute Gasteiger partial charge is 0.357 e. The topological polar surface area (TPSA) is 312 Å². The minimum Gasteiger partial charge on any atom is -0.399 e. The number of rotatable bonds is 16. The van der Waals surface area contributed by atoms with E-state index >= 15 is 0 Å². The highest BCUT2D eigenvalue weighted by molar-refractivity contribution is 7.87. The van der Waals surface area contributed by atoms with Crippen molar-refractivity contribution in [3.63, 3.8) is 0 Å². The maximum absolute atomic E-state index is 13.0. The number of nitrogen functional groups attached to an aromatic ring is 1. The van der Waals surface area contributed by atoms with Crippen LogP contribution in [0.1, 0.15) is 33.6 Å². The van der Waals surface area contributed by atoms with E-state index in [9.17, 15) is 18.0 Å². The van der Waals surface area contributed by atoms with Crippen LogP contribution in [0.25, 0.3) is 45.1 Å². The number of nitrogens with zero attached hydrogens (tertiary/aromatic N) is 10. The van der Waals surface area contributed by atoms with Crippen LogP contribution in [0.4, 0.5) is 23.0 Å². The lowest BCUT2D eigenvalue weighted by molar-refractivity contribution is 0.0966. The maximum Gasteiger partial charge on any atom is 0.357 e. The Balaban J connectivity index is 0.000000188. The molecule has 0 radical (unpaired) electrons. The van der Waals surface area contributed by atoms with Crippen LogP contribution in [-0.2, 0) is 23.4 Å². The number of nitrogens with two attached hydrogens (primary N) is 1. The third-order valence-electron chi connectivity index (χ3n) is 9.06. The molecule has 4 heterocycles. The van der Waals surface area contributed by atoms with Gasteiger partial charge in [0.05, 0.1) is 65.8 Å². The first-order chi connectivity index (χ1) is 30.0. The van der Waals surface area contributed by atoms with Crippen LogP contribution in [0.5, 0.6) is 0 Å². The Labute approximate surface area is 351 Å². The Morgan fingerprint density at radius 3 is 1.53 bits per heavy atom. The molecule has 0 spiro atoms. The number of benzene rings is 4. The van der Waals surface area contributed by atoms with Crippen molar-refractivity contribution in [1.29, 1.82) is 10.5 Å². The molecule has 0 bridgehead atoms. The van der Waals surface area contributed by atoms with Gasteiger partial charge in [0.2, 0.25) is 11.6 Å². The van der Waals surface area contributed by atoms with Gasteiger partial charge in [-0.1, -0.05) is 24.3 Å². The zero-order chi connectivity index (χ0) is 43.6. The molecule has 4 aromatic heterocycles. The summed E-state index contributed by atoms with van der Waals surface area (Å²) in [5, 5.41) is 39.1. The maximum atomic E-state index is 13.0. The van der Waals surface area contributed by atoms with Crippen molar-refractivity contribution in [2.24, 2.45) is 0 Å². The van der Waals surface area contributed by atoms with Crippen molar-refractivity contribution in [1.82, 2.24) is 39.7 Å². The number of nitriles is 2. The van der Waals surface area contributed by atoms with E-state index in [0.717, 1.165) is 11.0 Å². The Kier molecular flexibility index (Phi) is 12.5. The number of ketones is 2. The lowest BCUT2D eigenvalue weighted by atomic mass is 10.1. The first kappa shape index (κ1) is 41.7. The van der Waals surface area contributed by atoms with Gasteiger partial charge in [0.25, 0.3) is 0 Å². The van der Waals surface area contributed by atoms with E-state index in [-0.39, 0.29) is 36.8 Å². The van der Waals surface area contributed by atoms with Crippen LogP contribution in [0, 0.1) is 22.7 Å². The fraction of sp³-hybridized carbons (Fsp3) is 0.150. The van der Waals surface area contributed by atoms with Crippen molar-refractivity contribution < 1.29 is 31.8 Å². The highest BCUT2D eigenvalue weighted by Gasteiger charge is 2.24. The molecule has 0 aliphatic carbocycles. The summed E-state index contributed by atoms with van der Waals surface area (Å²) in [5.74, 6) is 1.12. The Hall–Kier alpha value is -8.47. The third kappa shape index (κ3) is 9.69. The number of aromatic nitrogens is 8. The molecule has 0 saturated heterocycles.